The number of carbonyl (C=O) groups is 1. The first-order chi connectivity index (χ1) is 11.6. The number of para-hydroxylation sites is 2. The van der Waals surface area contributed by atoms with Crippen LogP contribution in [0.2, 0.25) is 0 Å². The molecule has 0 radical (unpaired) electrons. The van der Waals surface area contributed by atoms with Crippen LogP contribution in [0.5, 0.6) is 5.75 Å². The Morgan fingerprint density at radius 2 is 2.17 bits per heavy atom. The van der Waals surface area contributed by atoms with E-state index in [0.717, 1.165) is 5.52 Å². The second-order valence-corrected chi connectivity index (χ2v) is 5.31. The minimum Gasteiger partial charge on any atom is -0.494 e. The van der Waals surface area contributed by atoms with Gasteiger partial charge in [-0.1, -0.05) is 18.2 Å². The van der Waals surface area contributed by atoms with Gasteiger partial charge in [-0.25, -0.2) is 9.37 Å². The van der Waals surface area contributed by atoms with Crippen LogP contribution in [0.15, 0.2) is 42.5 Å². The molecule has 3 rings (SSSR count). The van der Waals surface area contributed by atoms with Crippen molar-refractivity contribution in [2.75, 3.05) is 7.11 Å². The van der Waals surface area contributed by atoms with Gasteiger partial charge in [-0.3, -0.25) is 4.79 Å². The van der Waals surface area contributed by atoms with E-state index < -0.39 is 11.7 Å². The number of nitriles is 1. The minimum atomic E-state index is -1.03. The fourth-order valence-electron chi connectivity index (χ4n) is 2.52. The lowest BCUT2D eigenvalue weighted by molar-refractivity contribution is -0.118. The highest BCUT2D eigenvalue weighted by Crippen LogP contribution is 2.22. The number of hydrogen-bond donors (Lipinski definition) is 1. The molecule has 0 spiro atoms. The highest BCUT2D eigenvalue weighted by molar-refractivity contribution is 5.90. The van der Waals surface area contributed by atoms with Crippen molar-refractivity contribution >= 4 is 16.8 Å². The van der Waals surface area contributed by atoms with E-state index in [4.69, 9.17) is 4.74 Å². The number of H-pyrrole nitrogens is 1. The van der Waals surface area contributed by atoms with Crippen LogP contribution in [0, 0.1) is 17.1 Å². The molecule has 120 valence electrons. The van der Waals surface area contributed by atoms with Crippen LogP contribution in [0.3, 0.4) is 0 Å². The van der Waals surface area contributed by atoms with Gasteiger partial charge in [-0.2, -0.15) is 5.26 Å². The number of hydrogen-bond acceptors (Lipinski definition) is 4. The molecule has 0 aliphatic carbocycles. The highest BCUT2D eigenvalue weighted by Gasteiger charge is 2.24. The monoisotopic (exact) mass is 323 g/mol. The second kappa shape index (κ2) is 6.50. The molecule has 1 N–H and O–H groups in total. The fourth-order valence-corrected chi connectivity index (χ4v) is 2.52. The van der Waals surface area contributed by atoms with Crippen molar-refractivity contribution < 1.29 is 13.9 Å². The number of nitrogens with zero attached hydrogens (tertiary/aromatic N) is 2. The van der Waals surface area contributed by atoms with E-state index in [9.17, 15) is 14.4 Å². The molecule has 6 heteroatoms. The van der Waals surface area contributed by atoms with Crippen molar-refractivity contribution in [1.82, 2.24) is 9.97 Å². The molecule has 2 aromatic carbocycles. The van der Waals surface area contributed by atoms with Crippen LogP contribution >= 0.6 is 0 Å². The number of halogens is 1. The van der Waals surface area contributed by atoms with E-state index in [1.807, 2.05) is 24.3 Å². The summed E-state index contributed by atoms with van der Waals surface area (Å²) in [5.74, 6) is -1.50. The zero-order chi connectivity index (χ0) is 17.1. The molecular formula is C18H14FN3O2. The van der Waals surface area contributed by atoms with Crippen molar-refractivity contribution in [3.63, 3.8) is 0 Å². The van der Waals surface area contributed by atoms with Crippen molar-refractivity contribution in [3.8, 4) is 11.8 Å². The van der Waals surface area contributed by atoms with Crippen LogP contribution in [-0.4, -0.2) is 22.9 Å². The predicted octanol–water partition coefficient (Wildman–Crippen LogP) is 3.13. The molecule has 0 unspecified atom stereocenters. The first-order valence-corrected chi connectivity index (χ1v) is 7.31. The van der Waals surface area contributed by atoms with Crippen molar-refractivity contribution in [2.45, 2.75) is 12.3 Å². The first kappa shape index (κ1) is 15.7. The van der Waals surface area contributed by atoms with Gasteiger partial charge in [-0.05, 0) is 29.8 Å². The Morgan fingerprint density at radius 3 is 2.83 bits per heavy atom. The van der Waals surface area contributed by atoms with E-state index in [2.05, 4.69) is 9.97 Å². The smallest absolute Gasteiger partial charge is 0.165 e. The first-order valence-electron chi connectivity index (χ1n) is 7.31. The third-order valence-electron chi connectivity index (χ3n) is 3.73. The zero-order valence-corrected chi connectivity index (χ0v) is 12.9. The molecule has 1 heterocycles. The molecule has 1 atom stereocenters. The average Bonchev–Trinajstić information content (AvgIpc) is 2.99. The number of rotatable bonds is 5. The normalized spacial score (nSPS) is 11.9. The van der Waals surface area contributed by atoms with E-state index in [1.165, 1.54) is 19.2 Å². The predicted molar refractivity (Wildman–Crippen MR) is 86.1 cm³/mol. The topological polar surface area (TPSA) is 78.8 Å². The average molecular weight is 323 g/mol. The molecule has 0 amide bonds. The number of benzene rings is 2. The zero-order valence-electron chi connectivity index (χ0n) is 12.9. The minimum absolute atomic E-state index is 0.0593. The molecular weight excluding hydrogens is 309 g/mol. The van der Waals surface area contributed by atoms with Gasteiger partial charge in [0, 0.05) is 6.42 Å². The summed E-state index contributed by atoms with van der Waals surface area (Å²) >= 11 is 0. The van der Waals surface area contributed by atoms with E-state index in [1.54, 1.807) is 12.1 Å². The molecule has 1 aromatic heterocycles. The number of aromatic nitrogens is 2. The Kier molecular flexibility index (Phi) is 4.25. The van der Waals surface area contributed by atoms with Crippen molar-refractivity contribution in [3.05, 3.63) is 59.7 Å². The number of ketones is 1. The van der Waals surface area contributed by atoms with Crippen LogP contribution in [0.1, 0.15) is 17.3 Å². The molecule has 5 nitrogen and oxygen atoms in total. The summed E-state index contributed by atoms with van der Waals surface area (Å²) in [6.07, 6.45) is -0.0593. The van der Waals surface area contributed by atoms with Gasteiger partial charge in [-0.15, -0.1) is 0 Å². The number of imidazole rings is 1. The molecule has 0 saturated carbocycles. The van der Waals surface area contributed by atoms with Crippen LogP contribution in [0.25, 0.3) is 11.0 Å². The quantitative estimate of drug-likeness (QED) is 0.782. The van der Waals surface area contributed by atoms with Gasteiger partial charge in [0.2, 0.25) is 0 Å². The largest absolute Gasteiger partial charge is 0.494 e. The van der Waals surface area contributed by atoms with Crippen molar-refractivity contribution in [2.24, 2.45) is 0 Å². The lowest BCUT2D eigenvalue weighted by Crippen LogP contribution is -2.15. The summed E-state index contributed by atoms with van der Waals surface area (Å²) < 4.78 is 18.6. The number of fused-ring (bicyclic) bond motifs is 1. The molecule has 3 aromatic rings. The third-order valence-corrected chi connectivity index (χ3v) is 3.73. The molecule has 0 fully saturated rings. The fraction of sp³-hybridized carbons (Fsp3) is 0.167. The van der Waals surface area contributed by atoms with Gasteiger partial charge >= 0.3 is 0 Å². The SMILES string of the molecule is COc1ccc(CC(=O)[C@@H](C#N)c2nc3ccccc3[nH]2)cc1F. The summed E-state index contributed by atoms with van der Waals surface area (Å²) in [7, 11) is 1.37. The lowest BCUT2D eigenvalue weighted by Gasteiger charge is -2.07. The van der Waals surface area contributed by atoms with Crippen LogP contribution < -0.4 is 4.74 Å². The van der Waals surface area contributed by atoms with Gasteiger partial charge in [0.15, 0.2) is 23.3 Å². The number of aromatic amines is 1. The Bertz CT molecular complexity index is 910. The molecule has 0 aliphatic rings. The summed E-state index contributed by atoms with van der Waals surface area (Å²) in [6, 6.07) is 13.6. The second-order valence-electron chi connectivity index (χ2n) is 5.31. The van der Waals surface area contributed by atoms with E-state index in [0.29, 0.717) is 16.9 Å². The number of carbonyl (C=O) groups excluding carboxylic acids is 1. The number of methoxy groups -OCH3 is 1. The highest BCUT2D eigenvalue weighted by atomic mass is 19.1. The molecule has 0 bridgehead atoms. The maximum atomic E-state index is 13.7. The summed E-state index contributed by atoms with van der Waals surface area (Å²) in [5, 5.41) is 9.36. The molecule has 24 heavy (non-hydrogen) atoms. The van der Waals surface area contributed by atoms with Gasteiger partial charge in [0.25, 0.3) is 0 Å². The molecule has 0 saturated heterocycles. The third kappa shape index (κ3) is 2.97. The number of ether oxygens (including phenoxy) is 1. The summed E-state index contributed by atoms with van der Waals surface area (Å²) in [5.41, 5.74) is 1.93. The van der Waals surface area contributed by atoms with Gasteiger partial charge in [0.05, 0.1) is 24.2 Å². The number of Topliss-reactive ketones (excluding diaryl/α,β-unsaturated/α-hetero) is 1. The van der Waals surface area contributed by atoms with Gasteiger partial charge in [0.1, 0.15) is 5.82 Å². The maximum absolute atomic E-state index is 13.7. The molecule has 0 aliphatic heterocycles. The van der Waals surface area contributed by atoms with Crippen LogP contribution in [0.4, 0.5) is 4.39 Å². The summed E-state index contributed by atoms with van der Waals surface area (Å²) in [6.45, 7) is 0. The maximum Gasteiger partial charge on any atom is 0.165 e. The Balaban J connectivity index is 1.84. The van der Waals surface area contributed by atoms with Gasteiger partial charge < -0.3 is 9.72 Å². The Morgan fingerprint density at radius 1 is 1.38 bits per heavy atom. The number of nitrogens with one attached hydrogen (secondary N) is 1. The van der Waals surface area contributed by atoms with E-state index in [-0.39, 0.29) is 18.0 Å². The van der Waals surface area contributed by atoms with Crippen LogP contribution in [-0.2, 0) is 11.2 Å². The van der Waals surface area contributed by atoms with E-state index >= 15 is 0 Å². The Hall–Kier alpha value is -3.20. The standard InChI is InChI=1S/C18H14FN3O2/c1-24-17-7-6-11(8-13(17)19)9-16(23)12(10-20)18-21-14-4-2-3-5-15(14)22-18/h2-8,12H,9H2,1H3,(H,21,22)/t12-/m1/s1. The van der Waals surface area contributed by atoms with Crippen molar-refractivity contribution in [1.29, 1.82) is 5.26 Å². The lowest BCUT2D eigenvalue weighted by atomic mass is 9.98. The Labute approximate surface area is 137 Å². The summed E-state index contributed by atoms with van der Waals surface area (Å²) in [4.78, 5) is 19.7.